The molecule has 2 saturated heterocycles. The van der Waals surface area contributed by atoms with E-state index in [1.54, 1.807) is 0 Å². The fraction of sp³-hybridized carbons (Fsp3) is 0.476. The van der Waals surface area contributed by atoms with Crippen LogP contribution in [0.5, 0.6) is 0 Å². The molecule has 0 amide bonds. The molecule has 2 aromatic rings. The number of hydrogen-bond donors (Lipinski definition) is 0. The van der Waals surface area contributed by atoms with Crippen molar-refractivity contribution >= 4 is 0 Å². The van der Waals surface area contributed by atoms with E-state index in [1.807, 2.05) is 18.5 Å². The molecule has 0 radical (unpaired) electrons. The molecule has 25 heavy (non-hydrogen) atoms. The van der Waals surface area contributed by atoms with Gasteiger partial charge in [-0.3, -0.25) is 9.88 Å². The van der Waals surface area contributed by atoms with E-state index in [0.717, 1.165) is 45.5 Å². The molecule has 1 aromatic carbocycles. The Morgan fingerprint density at radius 3 is 2.56 bits per heavy atom. The van der Waals surface area contributed by atoms with Crippen molar-refractivity contribution in [2.24, 2.45) is 0 Å². The molecule has 1 unspecified atom stereocenters. The zero-order valence-corrected chi connectivity index (χ0v) is 14.6. The highest BCUT2D eigenvalue weighted by Crippen LogP contribution is 2.37. The smallest absolute Gasteiger partial charge is 0.0840 e. The van der Waals surface area contributed by atoms with Gasteiger partial charge >= 0.3 is 0 Å². The van der Waals surface area contributed by atoms with Crippen LogP contribution in [0.3, 0.4) is 0 Å². The third kappa shape index (κ3) is 4.27. The van der Waals surface area contributed by atoms with Crippen LogP contribution < -0.4 is 0 Å². The molecule has 2 aliphatic heterocycles. The number of ether oxygens (including phenoxy) is 2. The van der Waals surface area contributed by atoms with Gasteiger partial charge in [0.05, 0.1) is 24.9 Å². The normalized spacial score (nSPS) is 23.1. The second-order valence-corrected chi connectivity index (χ2v) is 7.25. The summed E-state index contributed by atoms with van der Waals surface area (Å²) in [4.78, 5) is 6.61. The molecule has 1 spiro atoms. The fourth-order valence-corrected chi connectivity index (χ4v) is 3.91. The van der Waals surface area contributed by atoms with Gasteiger partial charge < -0.3 is 9.47 Å². The van der Waals surface area contributed by atoms with Crippen LogP contribution in [0.15, 0.2) is 54.9 Å². The SMILES string of the molecule is c1ccc(COC2COC3(CCN(Cc4ccncc4)CC3)C2)cc1. The summed E-state index contributed by atoms with van der Waals surface area (Å²) < 4.78 is 12.3. The highest BCUT2D eigenvalue weighted by atomic mass is 16.6. The third-order valence-electron chi connectivity index (χ3n) is 5.43. The van der Waals surface area contributed by atoms with Gasteiger partial charge in [-0.05, 0) is 36.1 Å². The van der Waals surface area contributed by atoms with Crippen molar-refractivity contribution in [3.8, 4) is 0 Å². The molecule has 132 valence electrons. The summed E-state index contributed by atoms with van der Waals surface area (Å²) in [6.07, 6.45) is 7.20. The first-order chi connectivity index (χ1) is 12.3. The van der Waals surface area contributed by atoms with Gasteiger partial charge in [-0.25, -0.2) is 0 Å². The first-order valence-electron chi connectivity index (χ1n) is 9.22. The molecule has 4 heteroatoms. The van der Waals surface area contributed by atoms with E-state index in [-0.39, 0.29) is 11.7 Å². The maximum absolute atomic E-state index is 6.22. The van der Waals surface area contributed by atoms with Crippen LogP contribution in [-0.2, 0) is 22.6 Å². The lowest BCUT2D eigenvalue weighted by Crippen LogP contribution is -2.43. The lowest BCUT2D eigenvalue weighted by Gasteiger charge is -2.38. The molecule has 4 rings (SSSR count). The molecular formula is C21H26N2O2. The van der Waals surface area contributed by atoms with Crippen LogP contribution in [0.1, 0.15) is 30.4 Å². The average molecular weight is 338 g/mol. The molecule has 3 heterocycles. The lowest BCUT2D eigenvalue weighted by atomic mass is 9.88. The van der Waals surface area contributed by atoms with E-state index in [2.05, 4.69) is 46.3 Å². The second kappa shape index (κ2) is 7.65. The zero-order chi connectivity index (χ0) is 17.0. The zero-order valence-electron chi connectivity index (χ0n) is 14.6. The quantitative estimate of drug-likeness (QED) is 0.837. The standard InChI is InChI=1S/C21H26N2O2/c1-2-4-19(5-3-1)16-24-20-14-21(25-17-20)8-12-23(13-9-21)15-18-6-10-22-11-7-18/h1-7,10-11,20H,8-9,12-17H2. The van der Waals surface area contributed by atoms with Crippen molar-refractivity contribution in [1.82, 2.24) is 9.88 Å². The Balaban J connectivity index is 1.24. The molecule has 2 aliphatic rings. The van der Waals surface area contributed by atoms with Crippen LogP contribution in [0.2, 0.25) is 0 Å². The van der Waals surface area contributed by atoms with Crippen LogP contribution in [0, 0.1) is 0 Å². The maximum atomic E-state index is 6.22. The highest BCUT2D eigenvalue weighted by molar-refractivity contribution is 5.13. The van der Waals surface area contributed by atoms with Gasteiger partial charge in [0.15, 0.2) is 0 Å². The minimum atomic E-state index is 0.0378. The fourth-order valence-electron chi connectivity index (χ4n) is 3.91. The summed E-state index contributed by atoms with van der Waals surface area (Å²) in [5.41, 5.74) is 2.61. The monoisotopic (exact) mass is 338 g/mol. The van der Waals surface area contributed by atoms with Gasteiger partial charge in [-0.15, -0.1) is 0 Å². The molecule has 0 N–H and O–H groups in total. The third-order valence-corrected chi connectivity index (χ3v) is 5.43. The Morgan fingerprint density at radius 2 is 1.80 bits per heavy atom. The Bertz CT molecular complexity index is 654. The van der Waals surface area contributed by atoms with Gasteiger partial charge in [-0.1, -0.05) is 30.3 Å². The molecule has 0 saturated carbocycles. The van der Waals surface area contributed by atoms with Crippen molar-refractivity contribution < 1.29 is 9.47 Å². The van der Waals surface area contributed by atoms with Crippen molar-refractivity contribution in [3.63, 3.8) is 0 Å². The van der Waals surface area contributed by atoms with E-state index in [0.29, 0.717) is 6.61 Å². The molecule has 0 aliphatic carbocycles. The molecule has 4 nitrogen and oxygen atoms in total. The topological polar surface area (TPSA) is 34.6 Å². The predicted octanol–water partition coefficient (Wildman–Crippen LogP) is 3.42. The number of pyridine rings is 1. The van der Waals surface area contributed by atoms with E-state index < -0.39 is 0 Å². The number of rotatable bonds is 5. The minimum Gasteiger partial charge on any atom is -0.372 e. The molecule has 2 fully saturated rings. The number of benzene rings is 1. The average Bonchev–Trinajstić information content (AvgIpc) is 3.07. The van der Waals surface area contributed by atoms with Crippen LogP contribution in [-0.4, -0.2) is 41.3 Å². The largest absolute Gasteiger partial charge is 0.372 e. The minimum absolute atomic E-state index is 0.0378. The Morgan fingerprint density at radius 1 is 1.04 bits per heavy atom. The maximum Gasteiger partial charge on any atom is 0.0840 e. The van der Waals surface area contributed by atoms with E-state index in [4.69, 9.17) is 9.47 Å². The van der Waals surface area contributed by atoms with Gasteiger partial charge in [0.25, 0.3) is 0 Å². The predicted molar refractivity (Wildman–Crippen MR) is 97.1 cm³/mol. The number of aromatic nitrogens is 1. The molecule has 1 aromatic heterocycles. The number of likely N-dealkylation sites (tertiary alicyclic amines) is 1. The van der Waals surface area contributed by atoms with Crippen molar-refractivity contribution in [1.29, 1.82) is 0 Å². The van der Waals surface area contributed by atoms with Gasteiger partial charge in [0.2, 0.25) is 0 Å². The van der Waals surface area contributed by atoms with Crippen LogP contribution in [0.4, 0.5) is 0 Å². The summed E-state index contributed by atoms with van der Waals surface area (Å²) in [6, 6.07) is 14.6. The number of hydrogen-bond acceptors (Lipinski definition) is 4. The summed E-state index contributed by atoms with van der Waals surface area (Å²) in [5, 5.41) is 0. The summed E-state index contributed by atoms with van der Waals surface area (Å²) in [7, 11) is 0. The molecule has 0 bridgehead atoms. The number of nitrogens with zero attached hydrogens (tertiary/aromatic N) is 2. The summed E-state index contributed by atoms with van der Waals surface area (Å²) in [5.74, 6) is 0. The van der Waals surface area contributed by atoms with Crippen LogP contribution >= 0.6 is 0 Å². The highest BCUT2D eigenvalue weighted by Gasteiger charge is 2.43. The lowest BCUT2D eigenvalue weighted by molar-refractivity contribution is -0.0468. The van der Waals surface area contributed by atoms with Crippen molar-refractivity contribution in [2.75, 3.05) is 19.7 Å². The Kier molecular flexibility index (Phi) is 5.11. The Labute approximate surface area is 149 Å². The van der Waals surface area contributed by atoms with Crippen LogP contribution in [0.25, 0.3) is 0 Å². The van der Waals surface area contributed by atoms with E-state index in [1.165, 1.54) is 11.1 Å². The van der Waals surface area contributed by atoms with Gasteiger partial charge in [-0.2, -0.15) is 0 Å². The second-order valence-electron chi connectivity index (χ2n) is 7.25. The first-order valence-corrected chi connectivity index (χ1v) is 9.22. The van der Waals surface area contributed by atoms with E-state index in [9.17, 15) is 0 Å². The van der Waals surface area contributed by atoms with Gasteiger partial charge in [0, 0.05) is 38.4 Å². The van der Waals surface area contributed by atoms with Crippen molar-refractivity contribution in [2.45, 2.75) is 44.1 Å². The Hall–Kier alpha value is -1.75. The molecule has 1 atom stereocenters. The van der Waals surface area contributed by atoms with E-state index >= 15 is 0 Å². The summed E-state index contributed by atoms with van der Waals surface area (Å²) >= 11 is 0. The van der Waals surface area contributed by atoms with Gasteiger partial charge in [0.1, 0.15) is 0 Å². The van der Waals surface area contributed by atoms with Crippen molar-refractivity contribution in [3.05, 3.63) is 66.0 Å². The summed E-state index contributed by atoms with van der Waals surface area (Å²) in [6.45, 7) is 4.60. The first kappa shape index (κ1) is 16.7. The molecular weight excluding hydrogens is 312 g/mol. The number of piperidine rings is 1.